The minimum absolute atomic E-state index is 0.715. The Bertz CT molecular complexity index is 443. The molecule has 0 atom stereocenters. The van der Waals surface area contributed by atoms with E-state index < -0.39 is 0 Å². The normalized spacial score (nSPS) is 19.3. The van der Waals surface area contributed by atoms with Gasteiger partial charge < -0.3 is 4.74 Å². The average Bonchev–Trinajstić information content (AvgIpc) is 2.30. The summed E-state index contributed by atoms with van der Waals surface area (Å²) >= 11 is 7.67. The van der Waals surface area contributed by atoms with E-state index in [4.69, 9.17) is 16.3 Å². The van der Waals surface area contributed by atoms with Crippen LogP contribution in [0.25, 0.3) is 0 Å². The summed E-state index contributed by atoms with van der Waals surface area (Å²) in [6.07, 6.45) is 4.02. The third-order valence-electron chi connectivity index (χ3n) is 2.61. The third-order valence-corrected chi connectivity index (χ3v) is 3.96. The average molecular weight is 283 g/mol. The monoisotopic (exact) mass is 282 g/mol. The first kappa shape index (κ1) is 15.2. The molecule has 0 radical (unpaired) electrons. The summed E-state index contributed by atoms with van der Waals surface area (Å²) in [6, 6.07) is 0. The fraction of sp³-hybridized carbons (Fsp3) is 0.333. The lowest BCUT2D eigenvalue weighted by molar-refractivity contribution is 0.195. The van der Waals surface area contributed by atoms with E-state index in [2.05, 4.69) is 19.7 Å². The van der Waals surface area contributed by atoms with E-state index in [-0.39, 0.29) is 0 Å². The van der Waals surface area contributed by atoms with Gasteiger partial charge >= 0.3 is 0 Å². The predicted molar refractivity (Wildman–Crippen MR) is 82.5 cm³/mol. The second-order valence-electron chi connectivity index (χ2n) is 4.27. The second kappa shape index (κ2) is 6.91. The molecule has 0 unspecified atom stereocenters. The van der Waals surface area contributed by atoms with Crippen LogP contribution in [0.15, 0.2) is 57.6 Å². The van der Waals surface area contributed by atoms with Crippen molar-refractivity contribution in [1.29, 1.82) is 0 Å². The lowest BCUT2D eigenvalue weighted by atomic mass is 10.0. The largest absolute Gasteiger partial charge is 0.494 e. The van der Waals surface area contributed by atoms with Gasteiger partial charge in [-0.3, -0.25) is 0 Å². The van der Waals surface area contributed by atoms with Crippen LogP contribution in [0.1, 0.15) is 26.7 Å². The van der Waals surface area contributed by atoms with Crippen LogP contribution >= 0.6 is 23.4 Å². The Balaban J connectivity index is 2.84. The van der Waals surface area contributed by atoms with E-state index in [1.165, 1.54) is 11.8 Å². The number of thioether (sulfide) groups is 1. The van der Waals surface area contributed by atoms with Crippen molar-refractivity contribution in [2.45, 2.75) is 26.7 Å². The van der Waals surface area contributed by atoms with Crippen LogP contribution in [-0.4, -0.2) is 6.61 Å². The van der Waals surface area contributed by atoms with E-state index in [9.17, 15) is 0 Å². The van der Waals surface area contributed by atoms with Crippen molar-refractivity contribution in [1.82, 2.24) is 0 Å². The third kappa shape index (κ3) is 4.43. The molecule has 0 spiro atoms. The lowest BCUT2D eigenvalue weighted by Gasteiger charge is -2.19. The van der Waals surface area contributed by atoms with Gasteiger partial charge in [0, 0.05) is 0 Å². The number of hydrogen-bond donors (Lipinski definition) is 0. The summed E-state index contributed by atoms with van der Waals surface area (Å²) in [5.74, 6) is 0.749. The zero-order valence-electron chi connectivity index (χ0n) is 11.0. The first-order chi connectivity index (χ1) is 8.41. The predicted octanol–water partition coefficient (Wildman–Crippen LogP) is 5.53. The van der Waals surface area contributed by atoms with E-state index in [1.807, 2.05) is 19.9 Å². The van der Waals surface area contributed by atoms with Gasteiger partial charge in [-0.25, -0.2) is 0 Å². The van der Waals surface area contributed by atoms with Gasteiger partial charge in [0.1, 0.15) is 5.76 Å². The van der Waals surface area contributed by atoms with E-state index >= 15 is 0 Å². The molecular weight excluding hydrogens is 264 g/mol. The first-order valence-corrected chi connectivity index (χ1v) is 7.03. The summed E-state index contributed by atoms with van der Waals surface area (Å²) in [5, 5.41) is 0. The summed E-state index contributed by atoms with van der Waals surface area (Å²) in [7, 11) is 0. The molecule has 1 aliphatic heterocycles. The molecule has 1 fully saturated rings. The van der Waals surface area contributed by atoms with Crippen LogP contribution in [-0.2, 0) is 4.74 Å². The Labute approximate surface area is 119 Å². The molecule has 0 saturated carbocycles. The molecule has 98 valence electrons. The van der Waals surface area contributed by atoms with Gasteiger partial charge in [0.2, 0.25) is 0 Å². The SMILES string of the molecule is C=C(C)SC(Cl)=C(C)C(=C)C=C1CCCOC1=C. The van der Waals surface area contributed by atoms with E-state index in [0.717, 1.165) is 46.8 Å². The fourth-order valence-corrected chi connectivity index (χ4v) is 2.62. The van der Waals surface area contributed by atoms with Gasteiger partial charge in [0.05, 0.1) is 11.0 Å². The van der Waals surface area contributed by atoms with Crippen LogP contribution < -0.4 is 0 Å². The van der Waals surface area contributed by atoms with Crippen LogP contribution in [0, 0.1) is 0 Å². The first-order valence-electron chi connectivity index (χ1n) is 5.83. The molecule has 1 heterocycles. The van der Waals surface area contributed by atoms with Gasteiger partial charge in [-0.1, -0.05) is 43.1 Å². The Kier molecular flexibility index (Phi) is 5.83. The smallest absolute Gasteiger partial charge is 0.115 e. The summed E-state index contributed by atoms with van der Waals surface area (Å²) < 4.78 is 6.14. The van der Waals surface area contributed by atoms with Gasteiger partial charge in [-0.15, -0.1) is 0 Å². The molecule has 1 nitrogen and oxygen atoms in total. The maximum absolute atomic E-state index is 6.21. The van der Waals surface area contributed by atoms with Crippen LogP contribution in [0.2, 0.25) is 0 Å². The zero-order chi connectivity index (χ0) is 13.7. The topological polar surface area (TPSA) is 9.23 Å². The molecule has 0 aromatic heterocycles. The molecule has 0 N–H and O–H groups in total. The summed E-state index contributed by atoms with van der Waals surface area (Å²) in [6.45, 7) is 16.4. The fourth-order valence-electron chi connectivity index (χ4n) is 1.52. The Morgan fingerprint density at radius 1 is 1.39 bits per heavy atom. The van der Waals surface area contributed by atoms with Crippen molar-refractivity contribution in [3.05, 3.63) is 57.6 Å². The highest BCUT2D eigenvalue weighted by Gasteiger charge is 2.12. The molecular formula is C15H19ClOS. The molecule has 0 bridgehead atoms. The molecule has 0 aromatic carbocycles. The molecule has 1 saturated heterocycles. The van der Waals surface area contributed by atoms with Crippen molar-refractivity contribution < 1.29 is 4.74 Å². The number of hydrogen-bond acceptors (Lipinski definition) is 2. The molecule has 0 amide bonds. The Hall–Kier alpha value is -0.860. The van der Waals surface area contributed by atoms with Gasteiger partial charge in [-0.05, 0) is 54.4 Å². The van der Waals surface area contributed by atoms with Crippen molar-refractivity contribution >= 4 is 23.4 Å². The minimum Gasteiger partial charge on any atom is -0.494 e. The van der Waals surface area contributed by atoms with Crippen molar-refractivity contribution in [3.63, 3.8) is 0 Å². The summed E-state index contributed by atoms with van der Waals surface area (Å²) in [4.78, 5) is 0.963. The number of rotatable bonds is 4. The Morgan fingerprint density at radius 2 is 2.06 bits per heavy atom. The van der Waals surface area contributed by atoms with Crippen molar-refractivity contribution in [2.75, 3.05) is 6.61 Å². The lowest BCUT2D eigenvalue weighted by Crippen LogP contribution is -2.05. The number of allylic oxidation sites excluding steroid dienone is 5. The van der Waals surface area contributed by atoms with Gasteiger partial charge in [0.25, 0.3) is 0 Å². The molecule has 3 heteroatoms. The molecule has 1 rings (SSSR count). The summed E-state index contributed by atoms with van der Waals surface area (Å²) in [5.41, 5.74) is 2.97. The number of ether oxygens (including phenoxy) is 1. The van der Waals surface area contributed by atoms with E-state index in [1.54, 1.807) is 0 Å². The second-order valence-corrected chi connectivity index (χ2v) is 6.18. The molecule has 0 aromatic rings. The maximum atomic E-state index is 6.21. The van der Waals surface area contributed by atoms with Crippen molar-refractivity contribution in [2.24, 2.45) is 0 Å². The minimum atomic E-state index is 0.715. The maximum Gasteiger partial charge on any atom is 0.115 e. The van der Waals surface area contributed by atoms with Crippen LogP contribution in [0.5, 0.6) is 0 Å². The van der Waals surface area contributed by atoms with E-state index in [0.29, 0.717) is 4.36 Å². The van der Waals surface area contributed by atoms with Crippen molar-refractivity contribution in [3.8, 4) is 0 Å². The Morgan fingerprint density at radius 3 is 2.61 bits per heavy atom. The van der Waals surface area contributed by atoms with Gasteiger partial charge in [-0.2, -0.15) is 0 Å². The highest BCUT2D eigenvalue weighted by Crippen LogP contribution is 2.33. The highest BCUT2D eigenvalue weighted by molar-refractivity contribution is 8.08. The highest BCUT2D eigenvalue weighted by atomic mass is 35.5. The standard InChI is InChI=1S/C15H19ClOS/c1-10(2)18-15(16)12(4)11(3)9-14-7-6-8-17-13(14)5/h9H,1,3,5-8H2,2,4H3. The molecule has 0 aliphatic carbocycles. The number of halogens is 1. The zero-order valence-corrected chi connectivity index (χ0v) is 12.6. The quantitative estimate of drug-likeness (QED) is 0.627. The molecule has 1 aliphatic rings. The van der Waals surface area contributed by atoms with Gasteiger partial charge in [0.15, 0.2) is 0 Å². The van der Waals surface area contributed by atoms with Crippen LogP contribution in [0.4, 0.5) is 0 Å². The molecule has 18 heavy (non-hydrogen) atoms. The van der Waals surface area contributed by atoms with Crippen LogP contribution in [0.3, 0.4) is 0 Å².